The quantitative estimate of drug-likeness (QED) is 0.653. The summed E-state index contributed by atoms with van der Waals surface area (Å²) in [6, 6.07) is 0. The molecule has 2 rings (SSSR count). The van der Waals surface area contributed by atoms with Crippen LogP contribution in [-0.2, 0) is 11.3 Å². The van der Waals surface area contributed by atoms with Gasteiger partial charge in [-0.2, -0.15) is 0 Å². The average molecular weight is 293 g/mol. The van der Waals surface area contributed by atoms with Gasteiger partial charge in [0.1, 0.15) is 0 Å². The molecule has 1 aliphatic rings. The summed E-state index contributed by atoms with van der Waals surface area (Å²) < 4.78 is 7.07. The van der Waals surface area contributed by atoms with Crippen molar-refractivity contribution in [2.24, 2.45) is 5.92 Å². The summed E-state index contributed by atoms with van der Waals surface area (Å²) in [6.45, 7) is 7.51. The second kappa shape index (κ2) is 7.57. The van der Waals surface area contributed by atoms with Gasteiger partial charge in [0.05, 0.1) is 12.3 Å². The average Bonchev–Trinajstić information content (AvgIpc) is 3.24. The fraction of sp³-hybridized carbons (Fsp3) is 0.812. The minimum absolute atomic E-state index is 0.327. The van der Waals surface area contributed by atoms with Crippen molar-refractivity contribution in [3.05, 3.63) is 11.4 Å². The van der Waals surface area contributed by atoms with Crippen molar-refractivity contribution >= 4 is 5.97 Å². The van der Waals surface area contributed by atoms with Gasteiger partial charge >= 0.3 is 5.97 Å². The molecule has 1 saturated carbocycles. The lowest BCUT2D eigenvalue weighted by molar-refractivity contribution is 0.0518. The summed E-state index contributed by atoms with van der Waals surface area (Å²) >= 11 is 0. The number of unbranched alkanes of at least 4 members (excludes halogenated alkanes) is 1. The smallest absolute Gasteiger partial charge is 0.360 e. The van der Waals surface area contributed by atoms with Gasteiger partial charge in [0.2, 0.25) is 0 Å². The van der Waals surface area contributed by atoms with Crippen molar-refractivity contribution in [3.8, 4) is 0 Å². The third-order valence-electron chi connectivity index (χ3n) is 4.18. The Hall–Kier alpha value is -1.39. The van der Waals surface area contributed by atoms with E-state index in [0.29, 0.717) is 24.1 Å². The number of carbonyl (C=O) groups excluding carboxylic acids is 1. The lowest BCUT2D eigenvalue weighted by Gasteiger charge is -2.15. The maximum atomic E-state index is 12.0. The Morgan fingerprint density at radius 3 is 2.71 bits per heavy atom. The maximum Gasteiger partial charge on any atom is 0.360 e. The molecule has 0 aliphatic heterocycles. The molecule has 1 aromatic heterocycles. The van der Waals surface area contributed by atoms with Crippen LogP contribution >= 0.6 is 0 Å². The van der Waals surface area contributed by atoms with Crippen molar-refractivity contribution in [2.75, 3.05) is 6.61 Å². The molecule has 5 heteroatoms. The minimum atomic E-state index is -0.327. The Labute approximate surface area is 127 Å². The highest BCUT2D eigenvalue weighted by atomic mass is 16.5. The van der Waals surface area contributed by atoms with Crippen LogP contribution < -0.4 is 0 Å². The number of esters is 1. The normalized spacial score (nSPS) is 16.0. The van der Waals surface area contributed by atoms with Crippen LogP contribution in [0.25, 0.3) is 0 Å². The number of rotatable bonds is 9. The van der Waals surface area contributed by atoms with E-state index in [0.717, 1.165) is 31.5 Å². The molecular weight excluding hydrogens is 266 g/mol. The fourth-order valence-corrected chi connectivity index (χ4v) is 2.72. The highest BCUT2D eigenvalue weighted by Gasteiger charge is 2.34. The van der Waals surface area contributed by atoms with Crippen LogP contribution in [0.2, 0.25) is 0 Å². The van der Waals surface area contributed by atoms with Crippen LogP contribution in [-0.4, -0.2) is 27.6 Å². The van der Waals surface area contributed by atoms with E-state index in [1.807, 2.05) is 11.6 Å². The Bertz CT molecular complexity index is 466. The first-order valence-corrected chi connectivity index (χ1v) is 8.31. The molecule has 1 heterocycles. The lowest BCUT2D eigenvalue weighted by atomic mass is 9.99. The molecule has 1 fully saturated rings. The summed E-state index contributed by atoms with van der Waals surface area (Å²) in [7, 11) is 0. The van der Waals surface area contributed by atoms with E-state index < -0.39 is 0 Å². The number of ether oxygens (including phenoxy) is 1. The second-order valence-electron chi connectivity index (χ2n) is 5.92. The Morgan fingerprint density at radius 2 is 2.14 bits per heavy atom. The zero-order valence-electron chi connectivity index (χ0n) is 13.5. The van der Waals surface area contributed by atoms with Gasteiger partial charge in [0.15, 0.2) is 5.69 Å². The maximum absolute atomic E-state index is 12.0. The minimum Gasteiger partial charge on any atom is -0.461 e. The summed E-state index contributed by atoms with van der Waals surface area (Å²) in [6.07, 6.45) is 7.08. The standard InChI is InChI=1S/C16H27N3O2/c1-4-7-8-12(5-2)11-19-15(13-9-10-13)14(17-18-19)16(20)21-6-3/h12-13H,4-11H2,1-3H3. The number of nitrogens with zero attached hydrogens (tertiary/aromatic N) is 3. The van der Waals surface area contributed by atoms with Crippen LogP contribution in [0.15, 0.2) is 0 Å². The molecule has 21 heavy (non-hydrogen) atoms. The zero-order valence-corrected chi connectivity index (χ0v) is 13.5. The van der Waals surface area contributed by atoms with Gasteiger partial charge in [-0.05, 0) is 32.1 Å². The van der Waals surface area contributed by atoms with Crippen LogP contribution in [0.3, 0.4) is 0 Å². The first-order valence-electron chi connectivity index (χ1n) is 8.31. The van der Waals surface area contributed by atoms with E-state index in [1.165, 1.54) is 19.3 Å². The fourth-order valence-electron chi connectivity index (χ4n) is 2.72. The van der Waals surface area contributed by atoms with Gasteiger partial charge in [0, 0.05) is 12.5 Å². The van der Waals surface area contributed by atoms with Gasteiger partial charge < -0.3 is 4.74 Å². The summed E-state index contributed by atoms with van der Waals surface area (Å²) in [5.41, 5.74) is 1.44. The topological polar surface area (TPSA) is 57.0 Å². The van der Waals surface area contributed by atoms with Crippen molar-refractivity contribution < 1.29 is 9.53 Å². The van der Waals surface area contributed by atoms with Crippen molar-refractivity contribution in [2.45, 2.75) is 71.8 Å². The summed E-state index contributed by atoms with van der Waals surface area (Å²) in [5.74, 6) is 0.731. The van der Waals surface area contributed by atoms with E-state index >= 15 is 0 Å². The SMILES string of the molecule is CCCCC(CC)Cn1nnc(C(=O)OCC)c1C1CC1. The Kier molecular flexibility index (Phi) is 5.76. The monoisotopic (exact) mass is 293 g/mol. The van der Waals surface area contributed by atoms with E-state index in [-0.39, 0.29) is 5.97 Å². The Morgan fingerprint density at radius 1 is 1.38 bits per heavy atom. The molecule has 0 amide bonds. The van der Waals surface area contributed by atoms with Crippen molar-refractivity contribution in [1.29, 1.82) is 0 Å². The molecule has 1 unspecified atom stereocenters. The molecule has 0 spiro atoms. The predicted octanol–water partition coefficient (Wildman–Crippen LogP) is 3.55. The molecule has 0 N–H and O–H groups in total. The van der Waals surface area contributed by atoms with E-state index in [9.17, 15) is 4.79 Å². The van der Waals surface area contributed by atoms with Gasteiger partial charge in [-0.1, -0.05) is 38.3 Å². The van der Waals surface area contributed by atoms with Gasteiger partial charge in [-0.3, -0.25) is 0 Å². The highest BCUT2D eigenvalue weighted by Crippen LogP contribution is 2.41. The molecule has 0 radical (unpaired) electrons. The van der Waals surface area contributed by atoms with E-state index in [2.05, 4.69) is 24.2 Å². The predicted molar refractivity (Wildman–Crippen MR) is 81.3 cm³/mol. The van der Waals surface area contributed by atoms with Crippen molar-refractivity contribution in [1.82, 2.24) is 15.0 Å². The lowest BCUT2D eigenvalue weighted by Crippen LogP contribution is -2.15. The molecule has 1 aromatic rings. The molecule has 0 aromatic carbocycles. The molecular formula is C16H27N3O2. The largest absolute Gasteiger partial charge is 0.461 e. The van der Waals surface area contributed by atoms with E-state index in [1.54, 1.807) is 0 Å². The molecule has 0 bridgehead atoms. The van der Waals surface area contributed by atoms with E-state index in [4.69, 9.17) is 4.74 Å². The zero-order chi connectivity index (χ0) is 15.2. The summed E-state index contributed by atoms with van der Waals surface area (Å²) in [4.78, 5) is 12.0. The number of aromatic nitrogens is 3. The molecule has 5 nitrogen and oxygen atoms in total. The van der Waals surface area contributed by atoms with Crippen LogP contribution in [0.1, 0.15) is 81.4 Å². The number of hydrogen-bond acceptors (Lipinski definition) is 4. The van der Waals surface area contributed by atoms with Crippen molar-refractivity contribution in [3.63, 3.8) is 0 Å². The molecule has 118 valence electrons. The van der Waals surface area contributed by atoms with Gasteiger partial charge in [-0.15, -0.1) is 5.10 Å². The highest BCUT2D eigenvalue weighted by molar-refractivity contribution is 5.88. The molecule has 1 aliphatic carbocycles. The number of carbonyl (C=O) groups is 1. The van der Waals surface area contributed by atoms with Crippen LogP contribution in [0.5, 0.6) is 0 Å². The van der Waals surface area contributed by atoms with Crippen LogP contribution in [0.4, 0.5) is 0 Å². The third kappa shape index (κ3) is 4.05. The van der Waals surface area contributed by atoms with Gasteiger partial charge in [-0.25, -0.2) is 9.48 Å². The first kappa shape index (κ1) is 16.0. The van der Waals surface area contributed by atoms with Gasteiger partial charge in [0.25, 0.3) is 0 Å². The van der Waals surface area contributed by atoms with Crippen LogP contribution in [0, 0.1) is 5.92 Å². The molecule has 0 saturated heterocycles. The second-order valence-corrected chi connectivity index (χ2v) is 5.92. The Balaban J connectivity index is 2.13. The summed E-state index contributed by atoms with van der Waals surface area (Å²) in [5, 5.41) is 8.34. The third-order valence-corrected chi connectivity index (χ3v) is 4.18. The number of hydrogen-bond donors (Lipinski definition) is 0. The first-order chi connectivity index (χ1) is 10.2. The molecule has 1 atom stereocenters.